The molecule has 0 aliphatic carbocycles. The molecular formula is C15H31N3O2. The number of urea groups is 1. The number of amides is 2. The minimum atomic E-state index is -0.115. The molecule has 0 bridgehead atoms. The van der Waals surface area contributed by atoms with E-state index in [0.717, 1.165) is 19.5 Å². The first-order chi connectivity index (χ1) is 9.71. The maximum atomic E-state index is 11.8. The Morgan fingerprint density at radius 2 is 2.20 bits per heavy atom. The third kappa shape index (κ3) is 6.09. The van der Waals surface area contributed by atoms with Gasteiger partial charge >= 0.3 is 6.03 Å². The van der Waals surface area contributed by atoms with Crippen LogP contribution in [0.2, 0.25) is 0 Å². The number of hydrogen-bond acceptors (Lipinski definition) is 3. The Kier molecular flexibility index (Phi) is 8.62. The Balaban J connectivity index is 2.20. The van der Waals surface area contributed by atoms with Crippen LogP contribution in [0.5, 0.6) is 0 Å². The van der Waals surface area contributed by atoms with E-state index in [9.17, 15) is 4.79 Å². The van der Waals surface area contributed by atoms with Crippen LogP contribution >= 0.6 is 0 Å². The van der Waals surface area contributed by atoms with Gasteiger partial charge in [0.15, 0.2) is 0 Å². The molecule has 0 aromatic carbocycles. The molecular weight excluding hydrogens is 254 g/mol. The largest absolute Gasteiger partial charge is 0.396 e. The average molecular weight is 285 g/mol. The highest BCUT2D eigenvalue weighted by Gasteiger charge is 2.20. The van der Waals surface area contributed by atoms with Gasteiger partial charge in [0.1, 0.15) is 0 Å². The number of aliphatic hydroxyl groups is 1. The third-order valence-corrected chi connectivity index (χ3v) is 4.21. The number of hydrogen-bond donors (Lipinski definition) is 3. The summed E-state index contributed by atoms with van der Waals surface area (Å²) in [6, 6.07) is 0.639. The number of nitrogens with zero attached hydrogens (tertiary/aromatic N) is 1. The van der Waals surface area contributed by atoms with Crippen LogP contribution in [0.4, 0.5) is 4.79 Å². The quantitative estimate of drug-likeness (QED) is 0.636. The Morgan fingerprint density at radius 1 is 1.40 bits per heavy atom. The lowest BCUT2D eigenvalue weighted by Crippen LogP contribution is -2.47. The summed E-state index contributed by atoms with van der Waals surface area (Å²) in [6.45, 7) is 7.15. The number of rotatable bonds is 8. The Morgan fingerprint density at radius 3 is 2.85 bits per heavy atom. The molecule has 1 fully saturated rings. The molecule has 5 heteroatoms. The second kappa shape index (κ2) is 10.00. The van der Waals surface area contributed by atoms with E-state index in [2.05, 4.69) is 22.5 Å². The van der Waals surface area contributed by atoms with Gasteiger partial charge in [0, 0.05) is 31.8 Å². The third-order valence-electron chi connectivity index (χ3n) is 4.21. The monoisotopic (exact) mass is 285 g/mol. The van der Waals surface area contributed by atoms with E-state index in [0.29, 0.717) is 19.0 Å². The van der Waals surface area contributed by atoms with E-state index in [1.165, 1.54) is 25.7 Å². The van der Waals surface area contributed by atoms with Gasteiger partial charge in [-0.3, -0.25) is 4.90 Å². The van der Waals surface area contributed by atoms with E-state index in [4.69, 9.17) is 5.11 Å². The fraction of sp³-hybridized carbons (Fsp3) is 0.933. The average Bonchev–Trinajstić information content (AvgIpc) is 2.47. The normalized spacial score (nSPS) is 21.4. The van der Waals surface area contributed by atoms with Crippen LogP contribution in [-0.2, 0) is 0 Å². The molecule has 1 aliphatic heterocycles. The number of piperidine rings is 1. The minimum Gasteiger partial charge on any atom is -0.396 e. The molecule has 0 aromatic rings. The van der Waals surface area contributed by atoms with Crippen molar-refractivity contribution in [2.45, 2.75) is 64.5 Å². The summed E-state index contributed by atoms with van der Waals surface area (Å²) >= 11 is 0. The van der Waals surface area contributed by atoms with E-state index >= 15 is 0 Å². The highest BCUT2D eigenvalue weighted by Crippen LogP contribution is 2.18. The van der Waals surface area contributed by atoms with Gasteiger partial charge in [-0.15, -0.1) is 0 Å². The molecule has 20 heavy (non-hydrogen) atoms. The number of nitrogens with one attached hydrogen (secondary N) is 2. The predicted octanol–water partition coefficient (Wildman–Crippen LogP) is 1.71. The first kappa shape index (κ1) is 17.2. The van der Waals surface area contributed by atoms with Gasteiger partial charge in [0.25, 0.3) is 0 Å². The smallest absolute Gasteiger partial charge is 0.315 e. The molecule has 1 heterocycles. The summed E-state index contributed by atoms with van der Waals surface area (Å²) in [7, 11) is 0. The number of carbonyl (C=O) groups excluding carboxylic acids is 1. The summed E-state index contributed by atoms with van der Waals surface area (Å²) in [5, 5.41) is 14.7. The van der Waals surface area contributed by atoms with Gasteiger partial charge in [0.05, 0.1) is 0 Å². The van der Waals surface area contributed by atoms with E-state index in [-0.39, 0.29) is 18.7 Å². The van der Waals surface area contributed by atoms with Crippen molar-refractivity contribution >= 4 is 6.03 Å². The molecule has 2 unspecified atom stereocenters. The summed E-state index contributed by atoms with van der Waals surface area (Å²) in [4.78, 5) is 14.3. The van der Waals surface area contributed by atoms with Crippen molar-refractivity contribution in [3.05, 3.63) is 0 Å². The molecule has 1 rings (SSSR count). The van der Waals surface area contributed by atoms with Crippen molar-refractivity contribution < 1.29 is 9.90 Å². The minimum absolute atomic E-state index is 0.0679. The Bertz CT molecular complexity index is 274. The van der Waals surface area contributed by atoms with E-state index < -0.39 is 0 Å². The van der Waals surface area contributed by atoms with Crippen LogP contribution in [0.25, 0.3) is 0 Å². The van der Waals surface area contributed by atoms with Crippen LogP contribution in [0.1, 0.15) is 52.4 Å². The van der Waals surface area contributed by atoms with Crippen LogP contribution in [0.15, 0.2) is 0 Å². The lowest BCUT2D eigenvalue weighted by molar-refractivity contribution is 0.145. The zero-order chi connectivity index (χ0) is 14.8. The molecule has 2 amide bonds. The van der Waals surface area contributed by atoms with Crippen LogP contribution in [0, 0.1) is 0 Å². The molecule has 0 spiro atoms. The van der Waals surface area contributed by atoms with Gasteiger partial charge in [-0.05, 0) is 38.6 Å². The predicted molar refractivity (Wildman–Crippen MR) is 81.8 cm³/mol. The topological polar surface area (TPSA) is 64.6 Å². The van der Waals surface area contributed by atoms with E-state index in [1.54, 1.807) is 0 Å². The van der Waals surface area contributed by atoms with Crippen molar-refractivity contribution in [3.63, 3.8) is 0 Å². The molecule has 3 N–H and O–H groups in total. The highest BCUT2D eigenvalue weighted by atomic mass is 16.3. The maximum Gasteiger partial charge on any atom is 0.315 e. The highest BCUT2D eigenvalue weighted by molar-refractivity contribution is 5.74. The van der Waals surface area contributed by atoms with Crippen LogP contribution in [0.3, 0.4) is 0 Å². The summed E-state index contributed by atoms with van der Waals surface area (Å²) in [6.07, 6.45) is 6.56. The van der Waals surface area contributed by atoms with Gasteiger partial charge in [-0.1, -0.05) is 20.3 Å². The standard InChI is InChI=1S/C15H31N3O2/c1-3-13(8-12-19)17-15(20)16-9-11-18-10-6-5-7-14(18)4-2/h13-14,19H,3-12H2,1-2H3,(H2,16,17,20). The van der Waals surface area contributed by atoms with Crippen molar-refractivity contribution in [2.75, 3.05) is 26.2 Å². The van der Waals surface area contributed by atoms with Crippen LogP contribution < -0.4 is 10.6 Å². The summed E-state index contributed by atoms with van der Waals surface area (Å²) in [5.74, 6) is 0. The summed E-state index contributed by atoms with van der Waals surface area (Å²) < 4.78 is 0. The molecule has 5 nitrogen and oxygen atoms in total. The number of aliphatic hydroxyl groups excluding tert-OH is 1. The molecule has 1 aliphatic rings. The lowest BCUT2D eigenvalue weighted by Gasteiger charge is -2.35. The SMILES string of the molecule is CCC(CCO)NC(=O)NCCN1CCCCC1CC. The first-order valence-electron chi connectivity index (χ1n) is 8.10. The number of likely N-dealkylation sites (tertiary alicyclic amines) is 1. The molecule has 0 radical (unpaired) electrons. The van der Waals surface area contributed by atoms with Gasteiger partial charge in [0.2, 0.25) is 0 Å². The first-order valence-corrected chi connectivity index (χ1v) is 8.10. The zero-order valence-electron chi connectivity index (χ0n) is 13.0. The Labute approximate surface area is 123 Å². The van der Waals surface area contributed by atoms with Gasteiger partial charge < -0.3 is 15.7 Å². The van der Waals surface area contributed by atoms with Crippen molar-refractivity contribution in [2.24, 2.45) is 0 Å². The molecule has 2 atom stereocenters. The summed E-state index contributed by atoms with van der Waals surface area (Å²) in [5.41, 5.74) is 0. The molecule has 0 aromatic heterocycles. The van der Waals surface area contributed by atoms with Crippen molar-refractivity contribution in [1.29, 1.82) is 0 Å². The molecule has 0 saturated carbocycles. The van der Waals surface area contributed by atoms with Crippen molar-refractivity contribution in [1.82, 2.24) is 15.5 Å². The number of carbonyl (C=O) groups is 1. The molecule has 118 valence electrons. The van der Waals surface area contributed by atoms with E-state index in [1.807, 2.05) is 6.92 Å². The van der Waals surface area contributed by atoms with Crippen LogP contribution in [-0.4, -0.2) is 54.4 Å². The second-order valence-corrected chi connectivity index (χ2v) is 5.61. The molecule has 1 saturated heterocycles. The van der Waals surface area contributed by atoms with Gasteiger partial charge in [-0.2, -0.15) is 0 Å². The fourth-order valence-electron chi connectivity index (χ4n) is 2.90. The Hall–Kier alpha value is -0.810. The van der Waals surface area contributed by atoms with Gasteiger partial charge in [-0.25, -0.2) is 4.79 Å². The fourth-order valence-corrected chi connectivity index (χ4v) is 2.90. The van der Waals surface area contributed by atoms with Crippen molar-refractivity contribution in [3.8, 4) is 0 Å². The lowest BCUT2D eigenvalue weighted by atomic mass is 10.0. The maximum absolute atomic E-state index is 11.8. The zero-order valence-corrected chi connectivity index (χ0v) is 13.0. The second-order valence-electron chi connectivity index (χ2n) is 5.61.